The van der Waals surface area contributed by atoms with Gasteiger partial charge in [0.15, 0.2) is 0 Å². The van der Waals surface area contributed by atoms with Crippen molar-refractivity contribution >= 4 is 11.8 Å². The van der Waals surface area contributed by atoms with Crippen LogP contribution in [0.15, 0.2) is 24.7 Å². The molecule has 3 atom stereocenters. The Hall–Kier alpha value is -2.19. The van der Waals surface area contributed by atoms with E-state index in [1.807, 2.05) is 30.2 Å². The van der Waals surface area contributed by atoms with E-state index in [0.717, 1.165) is 30.8 Å². The molecule has 1 fully saturated rings. The topological polar surface area (TPSA) is 80.1 Å². The first-order chi connectivity index (χ1) is 13.4. The number of hydrogen-bond acceptors (Lipinski definition) is 7. The summed E-state index contributed by atoms with van der Waals surface area (Å²) in [6.45, 7) is 5.95. The van der Waals surface area contributed by atoms with Gasteiger partial charge in [-0.1, -0.05) is 13.8 Å². The Bertz CT molecular complexity index is 746. The van der Waals surface area contributed by atoms with Crippen molar-refractivity contribution in [1.29, 1.82) is 0 Å². The van der Waals surface area contributed by atoms with E-state index in [1.165, 1.54) is 0 Å². The quantitative estimate of drug-likeness (QED) is 0.720. The molecular formula is C20H33N7O. The van der Waals surface area contributed by atoms with Gasteiger partial charge in [-0.15, -0.1) is 0 Å². The SMILES string of the molecule is CC(C)[C@@H]1OCCC[C@H]1Nc1ccnc(NC[C@H](c2cnn(C)c2)N(C)C)n1. The monoisotopic (exact) mass is 387 g/mol. The minimum atomic E-state index is 0.186. The molecule has 2 aromatic heterocycles. The normalized spacial score (nSPS) is 21.1. The Balaban J connectivity index is 1.64. The third-order valence-electron chi connectivity index (χ3n) is 5.20. The molecular weight excluding hydrogens is 354 g/mol. The van der Waals surface area contributed by atoms with E-state index < -0.39 is 0 Å². The summed E-state index contributed by atoms with van der Waals surface area (Å²) < 4.78 is 7.80. The lowest BCUT2D eigenvalue weighted by atomic mass is 9.94. The highest BCUT2D eigenvalue weighted by Crippen LogP contribution is 2.24. The lowest BCUT2D eigenvalue weighted by molar-refractivity contribution is -0.0203. The highest BCUT2D eigenvalue weighted by molar-refractivity contribution is 5.41. The largest absolute Gasteiger partial charge is 0.376 e. The summed E-state index contributed by atoms with van der Waals surface area (Å²) in [5.41, 5.74) is 1.16. The summed E-state index contributed by atoms with van der Waals surface area (Å²) >= 11 is 0. The first-order valence-electron chi connectivity index (χ1n) is 10.0. The van der Waals surface area contributed by atoms with Crippen LogP contribution >= 0.6 is 0 Å². The van der Waals surface area contributed by atoms with Gasteiger partial charge in [-0.2, -0.15) is 10.1 Å². The molecule has 8 nitrogen and oxygen atoms in total. The Kier molecular flexibility index (Phi) is 6.85. The second-order valence-electron chi connectivity index (χ2n) is 8.05. The predicted octanol–water partition coefficient (Wildman–Crippen LogP) is 2.54. The molecule has 2 aromatic rings. The Morgan fingerprint density at radius 1 is 1.36 bits per heavy atom. The molecule has 1 aliphatic heterocycles. The Morgan fingerprint density at radius 2 is 2.18 bits per heavy atom. The van der Waals surface area contributed by atoms with E-state index in [-0.39, 0.29) is 18.2 Å². The molecule has 0 spiro atoms. The summed E-state index contributed by atoms with van der Waals surface area (Å²) in [4.78, 5) is 11.2. The van der Waals surface area contributed by atoms with Gasteiger partial charge >= 0.3 is 0 Å². The molecule has 3 heterocycles. The van der Waals surface area contributed by atoms with Crippen LogP contribution in [0.4, 0.5) is 11.8 Å². The first kappa shape index (κ1) is 20.5. The number of aryl methyl sites for hydroxylation is 1. The van der Waals surface area contributed by atoms with E-state index >= 15 is 0 Å². The number of ether oxygens (including phenoxy) is 1. The molecule has 0 radical (unpaired) electrons. The van der Waals surface area contributed by atoms with Gasteiger partial charge < -0.3 is 20.3 Å². The molecule has 3 rings (SSSR count). The molecule has 0 saturated carbocycles. The van der Waals surface area contributed by atoms with Crippen molar-refractivity contribution in [1.82, 2.24) is 24.6 Å². The van der Waals surface area contributed by atoms with E-state index in [9.17, 15) is 0 Å². The third kappa shape index (κ3) is 5.20. The molecule has 8 heteroatoms. The van der Waals surface area contributed by atoms with Gasteiger partial charge in [-0.05, 0) is 38.9 Å². The molecule has 0 unspecified atom stereocenters. The molecule has 0 aliphatic carbocycles. The minimum absolute atomic E-state index is 0.186. The predicted molar refractivity (Wildman–Crippen MR) is 111 cm³/mol. The van der Waals surface area contributed by atoms with Crippen LogP contribution in [-0.4, -0.2) is 64.0 Å². The van der Waals surface area contributed by atoms with Gasteiger partial charge in [-0.3, -0.25) is 4.68 Å². The number of nitrogens with one attached hydrogen (secondary N) is 2. The van der Waals surface area contributed by atoms with Crippen LogP contribution in [0.1, 0.15) is 38.3 Å². The molecule has 0 bridgehead atoms. The van der Waals surface area contributed by atoms with Crippen LogP contribution in [-0.2, 0) is 11.8 Å². The second kappa shape index (κ2) is 9.34. The number of likely N-dealkylation sites (N-methyl/N-ethyl adjacent to an activating group) is 1. The molecule has 2 N–H and O–H groups in total. The van der Waals surface area contributed by atoms with Crippen LogP contribution in [0.2, 0.25) is 0 Å². The van der Waals surface area contributed by atoms with E-state index in [1.54, 1.807) is 6.20 Å². The molecule has 0 aromatic carbocycles. The fourth-order valence-electron chi connectivity index (χ4n) is 3.73. The van der Waals surface area contributed by atoms with Gasteiger partial charge in [-0.25, -0.2) is 4.98 Å². The highest BCUT2D eigenvalue weighted by Gasteiger charge is 2.28. The zero-order valence-corrected chi connectivity index (χ0v) is 17.6. The van der Waals surface area contributed by atoms with Crippen LogP contribution in [0, 0.1) is 5.92 Å². The highest BCUT2D eigenvalue weighted by atomic mass is 16.5. The molecule has 1 saturated heterocycles. The molecule has 154 valence electrons. The number of aromatic nitrogens is 4. The molecule has 0 amide bonds. The first-order valence-corrected chi connectivity index (χ1v) is 10.0. The van der Waals surface area contributed by atoms with E-state index in [0.29, 0.717) is 18.4 Å². The standard InChI is InChI=1S/C20H33N7O/c1-14(2)19-16(7-6-10-28-19)24-18-8-9-21-20(25-18)22-12-17(26(3)4)15-11-23-27(5)13-15/h8-9,11,13-14,16-17,19H,6-7,10,12H2,1-5H3,(H2,21,22,24,25)/t16-,17-,19+/m1/s1. The number of anilines is 2. The second-order valence-corrected chi connectivity index (χ2v) is 8.05. The van der Waals surface area contributed by atoms with Crippen LogP contribution in [0.25, 0.3) is 0 Å². The molecule has 28 heavy (non-hydrogen) atoms. The molecule has 1 aliphatic rings. The number of rotatable bonds is 8. The van der Waals surface area contributed by atoms with Crippen molar-refractivity contribution in [2.24, 2.45) is 13.0 Å². The maximum atomic E-state index is 5.98. The lowest BCUT2D eigenvalue weighted by Crippen LogP contribution is -2.43. The van der Waals surface area contributed by atoms with Crippen LogP contribution < -0.4 is 10.6 Å². The zero-order chi connectivity index (χ0) is 20.1. The van der Waals surface area contributed by atoms with Crippen LogP contribution in [0.3, 0.4) is 0 Å². The van der Waals surface area contributed by atoms with Gasteiger partial charge in [0.2, 0.25) is 5.95 Å². The third-order valence-corrected chi connectivity index (χ3v) is 5.20. The number of nitrogens with zero attached hydrogens (tertiary/aromatic N) is 5. The fraction of sp³-hybridized carbons (Fsp3) is 0.650. The lowest BCUT2D eigenvalue weighted by Gasteiger charge is -2.35. The summed E-state index contributed by atoms with van der Waals surface area (Å²) in [5.74, 6) is 1.93. The van der Waals surface area contributed by atoms with Crippen molar-refractivity contribution in [2.45, 2.75) is 44.9 Å². The van der Waals surface area contributed by atoms with Crippen molar-refractivity contribution in [2.75, 3.05) is 37.9 Å². The van der Waals surface area contributed by atoms with Crippen molar-refractivity contribution in [3.05, 3.63) is 30.2 Å². The van der Waals surface area contributed by atoms with Crippen molar-refractivity contribution in [3.63, 3.8) is 0 Å². The summed E-state index contributed by atoms with van der Waals surface area (Å²) in [7, 11) is 6.06. The minimum Gasteiger partial charge on any atom is -0.376 e. The summed E-state index contributed by atoms with van der Waals surface area (Å²) in [5, 5.41) is 11.2. The Labute approximate surface area is 167 Å². The van der Waals surface area contributed by atoms with Gasteiger partial charge in [0.05, 0.1) is 24.4 Å². The maximum absolute atomic E-state index is 5.98. The van der Waals surface area contributed by atoms with Crippen LogP contribution in [0.5, 0.6) is 0 Å². The zero-order valence-electron chi connectivity index (χ0n) is 17.6. The Morgan fingerprint density at radius 3 is 2.86 bits per heavy atom. The smallest absolute Gasteiger partial charge is 0.224 e. The maximum Gasteiger partial charge on any atom is 0.224 e. The van der Waals surface area contributed by atoms with Gasteiger partial charge in [0.25, 0.3) is 0 Å². The van der Waals surface area contributed by atoms with Crippen molar-refractivity contribution < 1.29 is 4.74 Å². The summed E-state index contributed by atoms with van der Waals surface area (Å²) in [6.07, 6.45) is 8.12. The van der Waals surface area contributed by atoms with E-state index in [2.05, 4.69) is 58.5 Å². The number of hydrogen-bond donors (Lipinski definition) is 2. The fourth-order valence-corrected chi connectivity index (χ4v) is 3.73. The van der Waals surface area contributed by atoms with Crippen molar-refractivity contribution in [3.8, 4) is 0 Å². The van der Waals surface area contributed by atoms with E-state index in [4.69, 9.17) is 4.74 Å². The summed E-state index contributed by atoms with van der Waals surface area (Å²) in [6, 6.07) is 2.38. The van der Waals surface area contributed by atoms with Gasteiger partial charge in [0.1, 0.15) is 5.82 Å². The van der Waals surface area contributed by atoms with Gasteiger partial charge in [0, 0.05) is 38.2 Å². The average Bonchev–Trinajstić information content (AvgIpc) is 3.08. The average molecular weight is 388 g/mol.